The molecule has 0 amide bonds. The van der Waals surface area contributed by atoms with Gasteiger partial charge >= 0.3 is 0 Å². The molecule has 0 aliphatic rings. The summed E-state index contributed by atoms with van der Waals surface area (Å²) in [6.07, 6.45) is 7.91. The van der Waals surface area contributed by atoms with Crippen LogP contribution in [-0.2, 0) is 6.54 Å². The van der Waals surface area contributed by atoms with Gasteiger partial charge in [-0.15, -0.1) is 0 Å². The molecule has 8 rings (SSSR count). The second kappa shape index (κ2) is 25.1. The summed E-state index contributed by atoms with van der Waals surface area (Å²) in [5, 5.41) is 8.57. The van der Waals surface area contributed by atoms with Crippen molar-refractivity contribution in [3.8, 4) is 44.5 Å². The van der Waals surface area contributed by atoms with E-state index in [4.69, 9.17) is 16.1 Å². The van der Waals surface area contributed by atoms with Crippen molar-refractivity contribution in [1.29, 1.82) is 5.41 Å². The van der Waals surface area contributed by atoms with Crippen LogP contribution in [0.4, 0.5) is 0 Å². The van der Waals surface area contributed by atoms with Crippen molar-refractivity contribution in [3.05, 3.63) is 277 Å². The Morgan fingerprint density at radius 1 is 0.522 bits per heavy atom. The zero-order chi connectivity index (χ0) is 47.2. The van der Waals surface area contributed by atoms with Gasteiger partial charge in [0.05, 0.1) is 6.54 Å². The lowest BCUT2D eigenvalue weighted by molar-refractivity contribution is 1.06. The SMILES string of the molecule is C=C(C)/C=C\C=C/C.C=NC(=NCc1ccc(-c2ccccc2)cc1)c1cccc(-c2cccc(-c3cccc(C(=N)N=C(N)c4ccccc4)c3)c2)c1.Cc1ccc(-c2ccccc2)cc1. The number of aryl methyl sites for hydroxylation is 1. The van der Waals surface area contributed by atoms with E-state index in [0.717, 1.165) is 44.5 Å². The van der Waals surface area contributed by atoms with Crippen molar-refractivity contribution in [2.24, 2.45) is 20.7 Å². The fourth-order valence-electron chi connectivity index (χ4n) is 6.96. The predicted molar refractivity (Wildman–Crippen MR) is 288 cm³/mol. The number of hydrogen-bond acceptors (Lipinski definition) is 2. The van der Waals surface area contributed by atoms with Crippen LogP contribution < -0.4 is 5.73 Å². The van der Waals surface area contributed by atoms with Crippen molar-refractivity contribution in [2.75, 3.05) is 0 Å². The van der Waals surface area contributed by atoms with Gasteiger partial charge in [0.15, 0.2) is 11.7 Å². The van der Waals surface area contributed by atoms with Gasteiger partial charge in [0, 0.05) is 16.7 Å². The summed E-state index contributed by atoms with van der Waals surface area (Å²) >= 11 is 0. The van der Waals surface area contributed by atoms with Crippen molar-refractivity contribution in [1.82, 2.24) is 0 Å². The molecule has 5 nitrogen and oxygen atoms in total. The topological polar surface area (TPSA) is 87.0 Å². The summed E-state index contributed by atoms with van der Waals surface area (Å²) in [5.74, 6) is 1.03. The molecule has 0 saturated heterocycles. The maximum atomic E-state index is 8.57. The molecular weight excluding hydrogens is 815 g/mol. The summed E-state index contributed by atoms with van der Waals surface area (Å²) in [4.78, 5) is 13.4. The fraction of sp³-hybridized carbons (Fsp3) is 0.0645. The number of nitrogens with two attached hydrogens (primary N) is 1. The first-order valence-corrected chi connectivity index (χ1v) is 22.2. The van der Waals surface area contributed by atoms with Gasteiger partial charge in [-0.05, 0) is 95.8 Å². The highest BCUT2D eigenvalue weighted by Crippen LogP contribution is 2.28. The molecule has 0 radical (unpaired) electrons. The lowest BCUT2D eigenvalue weighted by Crippen LogP contribution is -2.15. The smallest absolute Gasteiger partial charge is 0.154 e. The highest BCUT2D eigenvalue weighted by atomic mass is 14.9. The lowest BCUT2D eigenvalue weighted by Gasteiger charge is -2.10. The zero-order valence-electron chi connectivity index (χ0n) is 38.6. The molecule has 8 aromatic carbocycles. The summed E-state index contributed by atoms with van der Waals surface area (Å²) < 4.78 is 0. The molecule has 67 heavy (non-hydrogen) atoms. The molecule has 8 aromatic rings. The molecule has 0 unspecified atom stereocenters. The van der Waals surface area contributed by atoms with E-state index in [1.165, 1.54) is 27.8 Å². The third-order valence-electron chi connectivity index (χ3n) is 10.6. The molecule has 0 aromatic heterocycles. The summed E-state index contributed by atoms with van der Waals surface area (Å²) in [6, 6.07) is 71.7. The molecule has 0 spiro atoms. The third-order valence-corrected chi connectivity index (χ3v) is 10.6. The Balaban J connectivity index is 0.000000289. The third kappa shape index (κ3) is 14.8. The van der Waals surface area contributed by atoms with E-state index in [1.54, 1.807) is 0 Å². The van der Waals surface area contributed by atoms with E-state index >= 15 is 0 Å². The van der Waals surface area contributed by atoms with Crippen molar-refractivity contribution in [3.63, 3.8) is 0 Å². The minimum absolute atomic E-state index is 0.114. The van der Waals surface area contributed by atoms with E-state index in [-0.39, 0.29) is 5.84 Å². The Labute approximate surface area is 397 Å². The molecule has 5 heteroatoms. The first kappa shape index (κ1) is 47.9. The van der Waals surface area contributed by atoms with Gasteiger partial charge < -0.3 is 5.73 Å². The average molecular weight is 872 g/mol. The number of amidine groups is 3. The molecule has 330 valence electrons. The van der Waals surface area contributed by atoms with Crippen LogP contribution in [0.15, 0.2) is 264 Å². The Morgan fingerprint density at radius 2 is 0.955 bits per heavy atom. The summed E-state index contributed by atoms with van der Waals surface area (Å²) in [6.45, 7) is 14.1. The molecule has 0 aliphatic carbocycles. The van der Waals surface area contributed by atoms with Crippen LogP contribution in [-0.4, -0.2) is 24.2 Å². The first-order chi connectivity index (χ1) is 32.7. The lowest BCUT2D eigenvalue weighted by atomic mass is 9.97. The molecule has 0 heterocycles. The minimum atomic E-state index is 0.114. The number of rotatable bonds is 11. The van der Waals surface area contributed by atoms with Crippen LogP contribution in [0.3, 0.4) is 0 Å². The number of allylic oxidation sites excluding steroid dienone is 5. The van der Waals surface area contributed by atoms with Crippen molar-refractivity contribution in [2.45, 2.75) is 27.3 Å². The van der Waals surface area contributed by atoms with Crippen LogP contribution in [0.5, 0.6) is 0 Å². The fourth-order valence-corrected chi connectivity index (χ4v) is 6.96. The number of nitrogens with zero attached hydrogens (tertiary/aromatic N) is 3. The first-order valence-electron chi connectivity index (χ1n) is 22.2. The van der Waals surface area contributed by atoms with Crippen LogP contribution >= 0.6 is 0 Å². The number of nitrogens with one attached hydrogen (secondary N) is 1. The zero-order valence-corrected chi connectivity index (χ0v) is 38.6. The highest BCUT2D eigenvalue weighted by molar-refractivity contribution is 6.10. The second-order valence-electron chi connectivity index (χ2n) is 15.8. The normalized spacial score (nSPS) is 11.3. The number of benzene rings is 8. The predicted octanol–water partition coefficient (Wildman–Crippen LogP) is 15.4. The summed E-state index contributed by atoms with van der Waals surface area (Å²) in [7, 11) is 0. The minimum Gasteiger partial charge on any atom is -0.383 e. The highest BCUT2D eigenvalue weighted by Gasteiger charge is 2.09. The maximum Gasteiger partial charge on any atom is 0.154 e. The van der Waals surface area contributed by atoms with E-state index in [9.17, 15) is 0 Å². The van der Waals surface area contributed by atoms with Gasteiger partial charge in [0.1, 0.15) is 5.84 Å². The van der Waals surface area contributed by atoms with Gasteiger partial charge in [-0.2, -0.15) is 0 Å². The molecule has 0 fully saturated rings. The van der Waals surface area contributed by atoms with E-state index in [2.05, 4.69) is 145 Å². The standard InChI is InChI=1S/C41H33N5.C13H12.C8H12/c1-44-41(45-28-29-21-23-31(24-22-29)30-11-4-2-5-12-30)38-20-10-18-36(27-38)34-16-8-15-33(25-34)35-17-9-19-37(26-35)40(43)46-39(42)32-13-6-3-7-14-32;1-11-7-9-13(10-8-11)12-5-3-2-4-6-12;1-4-5-6-7-8(2)3/h2-27H,1,28H2,(H3,42,43,46);2-10H,1H3;4-7H,2H2,1,3H3/b;;5-4-,7-6-. The molecule has 0 aliphatic heterocycles. The average Bonchev–Trinajstić information content (AvgIpc) is 3.38. The summed E-state index contributed by atoms with van der Waals surface area (Å²) in [5.41, 5.74) is 21.1. The van der Waals surface area contributed by atoms with Gasteiger partial charge in [0.25, 0.3) is 0 Å². The van der Waals surface area contributed by atoms with Crippen LogP contribution in [0.25, 0.3) is 44.5 Å². The molecule has 0 saturated carbocycles. The largest absolute Gasteiger partial charge is 0.383 e. The molecular formula is C62H57N5. The Bertz CT molecular complexity index is 2980. The Kier molecular flexibility index (Phi) is 17.9. The molecule has 0 bridgehead atoms. The van der Waals surface area contributed by atoms with E-state index < -0.39 is 0 Å². The quantitative estimate of drug-likeness (QED) is 0.0757. The van der Waals surface area contributed by atoms with Crippen LogP contribution in [0.1, 0.15) is 41.7 Å². The Morgan fingerprint density at radius 3 is 1.48 bits per heavy atom. The van der Waals surface area contributed by atoms with Crippen molar-refractivity contribution >= 4 is 24.2 Å². The monoisotopic (exact) mass is 871 g/mol. The number of hydrogen-bond donors (Lipinski definition) is 2. The maximum absolute atomic E-state index is 8.57. The van der Waals surface area contributed by atoms with Crippen molar-refractivity contribution < 1.29 is 0 Å². The Hall–Kier alpha value is -8.54. The van der Waals surface area contributed by atoms with Gasteiger partial charge in [-0.3, -0.25) is 10.4 Å². The van der Waals surface area contributed by atoms with Crippen LogP contribution in [0, 0.1) is 12.3 Å². The molecule has 3 N–H and O–H groups in total. The van der Waals surface area contributed by atoms with Gasteiger partial charge in [-0.1, -0.05) is 236 Å². The number of aliphatic imine (C=N–C) groups is 3. The second-order valence-corrected chi connectivity index (χ2v) is 15.8. The van der Waals surface area contributed by atoms with Gasteiger partial charge in [-0.25, -0.2) is 9.98 Å². The van der Waals surface area contributed by atoms with E-state index in [0.29, 0.717) is 23.8 Å². The van der Waals surface area contributed by atoms with Crippen LogP contribution in [0.2, 0.25) is 0 Å². The molecule has 0 atom stereocenters. The van der Waals surface area contributed by atoms with Gasteiger partial charge in [0.2, 0.25) is 0 Å². The van der Waals surface area contributed by atoms with E-state index in [1.807, 2.05) is 135 Å².